The number of methoxy groups -OCH3 is 1. The number of rotatable bonds is 6. The molecule has 0 aromatic rings. The van der Waals surface area contributed by atoms with Crippen molar-refractivity contribution in [1.82, 2.24) is 5.32 Å². The summed E-state index contributed by atoms with van der Waals surface area (Å²) in [7, 11) is 1.76. The Bertz CT molecular complexity index is 163. The van der Waals surface area contributed by atoms with Gasteiger partial charge in [-0.05, 0) is 26.8 Å². The first-order valence-corrected chi connectivity index (χ1v) is 5.31. The zero-order chi connectivity index (χ0) is 10.7. The third-order valence-electron chi connectivity index (χ3n) is 2.91. The number of hydrogen-bond acceptors (Lipinski definition) is 3. The average molecular weight is 201 g/mol. The highest BCUT2D eigenvalue weighted by Gasteiger charge is 2.32. The Hall–Kier alpha value is -0.120. The highest BCUT2D eigenvalue weighted by molar-refractivity contribution is 4.83. The maximum absolute atomic E-state index is 5.35. The Morgan fingerprint density at radius 2 is 2.07 bits per heavy atom. The Kier molecular flexibility index (Phi) is 3.93. The summed E-state index contributed by atoms with van der Waals surface area (Å²) >= 11 is 0. The molecular formula is C11H23NO2. The van der Waals surface area contributed by atoms with E-state index in [9.17, 15) is 0 Å². The van der Waals surface area contributed by atoms with Crippen molar-refractivity contribution in [2.24, 2.45) is 5.41 Å². The summed E-state index contributed by atoms with van der Waals surface area (Å²) < 4.78 is 10.5. The number of hydrogen-bond donors (Lipinski definition) is 1. The van der Waals surface area contributed by atoms with Gasteiger partial charge < -0.3 is 14.8 Å². The quantitative estimate of drug-likeness (QED) is 0.659. The van der Waals surface area contributed by atoms with Gasteiger partial charge in [-0.3, -0.25) is 0 Å². The molecule has 0 aromatic heterocycles. The van der Waals surface area contributed by atoms with Gasteiger partial charge in [0.25, 0.3) is 0 Å². The molecule has 0 unspecified atom stereocenters. The highest BCUT2D eigenvalue weighted by Crippen LogP contribution is 2.25. The van der Waals surface area contributed by atoms with E-state index >= 15 is 0 Å². The summed E-state index contributed by atoms with van der Waals surface area (Å²) in [6, 6.07) is 0. The van der Waals surface area contributed by atoms with Crippen LogP contribution in [0.15, 0.2) is 0 Å². The molecule has 14 heavy (non-hydrogen) atoms. The smallest absolute Gasteiger partial charge is 0.0634 e. The lowest BCUT2D eigenvalue weighted by molar-refractivity contribution is -0.0994. The predicted octanol–water partition coefficient (Wildman–Crippen LogP) is 1.43. The summed E-state index contributed by atoms with van der Waals surface area (Å²) in [5.74, 6) is 0. The van der Waals surface area contributed by atoms with E-state index in [2.05, 4.69) is 26.1 Å². The molecule has 0 saturated carbocycles. The van der Waals surface area contributed by atoms with Gasteiger partial charge in [-0.1, -0.05) is 6.92 Å². The van der Waals surface area contributed by atoms with Crippen LogP contribution in [0.2, 0.25) is 0 Å². The fourth-order valence-electron chi connectivity index (χ4n) is 1.43. The molecule has 0 bridgehead atoms. The van der Waals surface area contributed by atoms with E-state index in [4.69, 9.17) is 9.47 Å². The molecule has 0 atom stereocenters. The lowest BCUT2D eigenvalue weighted by atomic mass is 9.88. The van der Waals surface area contributed by atoms with Crippen molar-refractivity contribution in [3.63, 3.8) is 0 Å². The molecule has 3 heteroatoms. The van der Waals surface area contributed by atoms with Crippen molar-refractivity contribution >= 4 is 0 Å². The second-order valence-electron chi connectivity index (χ2n) is 5.19. The normalized spacial score (nSPS) is 20.6. The fraction of sp³-hybridized carbons (Fsp3) is 1.00. The van der Waals surface area contributed by atoms with E-state index in [1.807, 2.05) is 0 Å². The second-order valence-corrected chi connectivity index (χ2v) is 5.19. The largest absolute Gasteiger partial charge is 0.380 e. The first-order chi connectivity index (χ1) is 6.47. The Labute approximate surface area is 87.2 Å². The van der Waals surface area contributed by atoms with Crippen LogP contribution in [0.5, 0.6) is 0 Å². The van der Waals surface area contributed by atoms with Gasteiger partial charge >= 0.3 is 0 Å². The molecule has 0 aromatic carbocycles. The van der Waals surface area contributed by atoms with Crippen LogP contribution in [0, 0.1) is 5.41 Å². The van der Waals surface area contributed by atoms with Crippen molar-refractivity contribution < 1.29 is 9.47 Å². The van der Waals surface area contributed by atoms with E-state index in [0.717, 1.165) is 32.7 Å². The second kappa shape index (κ2) is 4.60. The molecular weight excluding hydrogens is 178 g/mol. The zero-order valence-electron chi connectivity index (χ0n) is 9.85. The van der Waals surface area contributed by atoms with Crippen molar-refractivity contribution in [3.05, 3.63) is 0 Å². The molecule has 1 aliphatic heterocycles. The molecule has 0 radical (unpaired) electrons. The molecule has 0 spiro atoms. The van der Waals surface area contributed by atoms with Crippen LogP contribution in [-0.4, -0.2) is 39.0 Å². The van der Waals surface area contributed by atoms with Crippen LogP contribution in [0.1, 0.15) is 27.2 Å². The van der Waals surface area contributed by atoms with E-state index in [0.29, 0.717) is 5.41 Å². The van der Waals surface area contributed by atoms with Gasteiger partial charge in [0.15, 0.2) is 0 Å². The molecule has 1 heterocycles. The lowest BCUT2D eigenvalue weighted by Gasteiger charge is -2.38. The van der Waals surface area contributed by atoms with Crippen LogP contribution in [0.3, 0.4) is 0 Å². The van der Waals surface area contributed by atoms with Gasteiger partial charge in [0.2, 0.25) is 0 Å². The van der Waals surface area contributed by atoms with Gasteiger partial charge in [-0.2, -0.15) is 0 Å². The van der Waals surface area contributed by atoms with Gasteiger partial charge in [0.1, 0.15) is 0 Å². The predicted molar refractivity (Wildman–Crippen MR) is 57.5 cm³/mol. The monoisotopic (exact) mass is 201 g/mol. The minimum absolute atomic E-state index is 0.00990. The summed E-state index contributed by atoms with van der Waals surface area (Å²) in [4.78, 5) is 0. The molecule has 0 aliphatic carbocycles. The van der Waals surface area contributed by atoms with Crippen LogP contribution < -0.4 is 5.32 Å². The minimum atomic E-state index is -0.00990. The topological polar surface area (TPSA) is 30.5 Å². The summed E-state index contributed by atoms with van der Waals surface area (Å²) in [5.41, 5.74) is 0.362. The molecule has 1 rings (SSSR count). The van der Waals surface area contributed by atoms with Crippen molar-refractivity contribution in [2.45, 2.75) is 32.8 Å². The van der Waals surface area contributed by atoms with Gasteiger partial charge in [0.05, 0.1) is 18.8 Å². The zero-order valence-corrected chi connectivity index (χ0v) is 9.85. The fourth-order valence-corrected chi connectivity index (χ4v) is 1.43. The van der Waals surface area contributed by atoms with Crippen LogP contribution in [-0.2, 0) is 9.47 Å². The summed E-state index contributed by atoms with van der Waals surface area (Å²) in [6.45, 7) is 10.3. The molecule has 0 amide bonds. The molecule has 3 nitrogen and oxygen atoms in total. The van der Waals surface area contributed by atoms with Crippen LogP contribution in [0.25, 0.3) is 0 Å². The van der Waals surface area contributed by atoms with Gasteiger partial charge in [-0.15, -0.1) is 0 Å². The first-order valence-electron chi connectivity index (χ1n) is 5.31. The maximum atomic E-state index is 5.35. The van der Waals surface area contributed by atoms with E-state index in [-0.39, 0.29) is 5.60 Å². The third-order valence-corrected chi connectivity index (χ3v) is 2.91. The van der Waals surface area contributed by atoms with E-state index in [1.165, 1.54) is 0 Å². The third kappa shape index (κ3) is 3.56. The summed E-state index contributed by atoms with van der Waals surface area (Å²) in [5, 5.41) is 3.46. The van der Waals surface area contributed by atoms with Crippen LogP contribution >= 0.6 is 0 Å². The van der Waals surface area contributed by atoms with Gasteiger partial charge in [-0.25, -0.2) is 0 Å². The molecule has 84 valence electrons. The molecule has 1 fully saturated rings. The maximum Gasteiger partial charge on any atom is 0.0634 e. The van der Waals surface area contributed by atoms with Crippen molar-refractivity contribution in [3.8, 4) is 0 Å². The van der Waals surface area contributed by atoms with E-state index < -0.39 is 0 Å². The Balaban J connectivity index is 2.04. The highest BCUT2D eigenvalue weighted by atomic mass is 16.5. The molecule has 1 N–H and O–H groups in total. The van der Waals surface area contributed by atoms with Crippen LogP contribution in [0.4, 0.5) is 0 Å². The molecule has 1 aliphatic rings. The Morgan fingerprint density at radius 1 is 1.43 bits per heavy atom. The standard InChI is InChI=1S/C11H23NO2/c1-10(2,13-4)5-6-12-7-11(3)8-14-9-11/h12H,5-9H2,1-4H3. The molecule has 1 saturated heterocycles. The SMILES string of the molecule is COC(C)(C)CCNCC1(C)COC1. The van der Waals surface area contributed by atoms with Crippen molar-refractivity contribution in [2.75, 3.05) is 33.4 Å². The number of nitrogens with one attached hydrogen (secondary N) is 1. The lowest BCUT2D eigenvalue weighted by Crippen LogP contribution is -2.47. The number of ether oxygens (including phenoxy) is 2. The average Bonchev–Trinajstić information content (AvgIpc) is 2.10. The Morgan fingerprint density at radius 3 is 2.50 bits per heavy atom. The minimum Gasteiger partial charge on any atom is -0.380 e. The summed E-state index contributed by atoms with van der Waals surface area (Å²) in [6.07, 6.45) is 1.04. The van der Waals surface area contributed by atoms with Gasteiger partial charge in [0, 0.05) is 19.1 Å². The van der Waals surface area contributed by atoms with Crippen molar-refractivity contribution in [1.29, 1.82) is 0 Å². The first kappa shape index (κ1) is 12.0. The van der Waals surface area contributed by atoms with E-state index in [1.54, 1.807) is 7.11 Å².